The minimum atomic E-state index is -4.71. The number of hydrogen-bond acceptors (Lipinski definition) is 7. The fourth-order valence-corrected chi connectivity index (χ4v) is 5.98. The van der Waals surface area contributed by atoms with Crippen LogP contribution in [0, 0.1) is 0 Å². The Bertz CT molecular complexity index is 1630. The summed E-state index contributed by atoms with van der Waals surface area (Å²) < 4.78 is 53.1. The van der Waals surface area contributed by atoms with Crippen LogP contribution in [0.4, 0.5) is 13.2 Å². The number of halogens is 4. The summed E-state index contributed by atoms with van der Waals surface area (Å²) in [5, 5.41) is 4.25. The van der Waals surface area contributed by atoms with Crippen molar-refractivity contribution in [3.63, 3.8) is 0 Å². The van der Waals surface area contributed by atoms with Crippen LogP contribution in [-0.2, 0) is 34.4 Å². The molecule has 0 saturated carbocycles. The molecule has 1 unspecified atom stereocenters. The number of alkyl halides is 3. The molecule has 0 fully saturated rings. The van der Waals surface area contributed by atoms with E-state index in [0.29, 0.717) is 41.3 Å². The van der Waals surface area contributed by atoms with E-state index in [1.54, 1.807) is 35.8 Å². The minimum absolute atomic E-state index is 0.0275. The Labute approximate surface area is 250 Å². The van der Waals surface area contributed by atoms with Crippen LogP contribution < -0.4 is 0 Å². The SMILES string of the molecule is CC(c1cnc(C2(C)OC=CO2)nc1)N1C[C@@H](C)n2nc3c(c2C1=O)CN(C(=O)c1ccc(Cl)c(C(F)(F)F)c1)[C@H](C)C3. The molecule has 3 aliphatic heterocycles. The van der Waals surface area contributed by atoms with Crippen molar-refractivity contribution in [2.24, 2.45) is 0 Å². The number of carbonyl (C=O) groups is 2. The zero-order valence-corrected chi connectivity index (χ0v) is 24.5. The van der Waals surface area contributed by atoms with Gasteiger partial charge in [0.1, 0.15) is 18.2 Å². The lowest BCUT2D eigenvalue weighted by molar-refractivity contribution is -0.140. The summed E-state index contributed by atoms with van der Waals surface area (Å²) in [6, 6.07) is 2.20. The first-order valence-electron chi connectivity index (χ1n) is 13.7. The van der Waals surface area contributed by atoms with E-state index >= 15 is 0 Å². The number of benzene rings is 1. The molecule has 1 aromatic carbocycles. The van der Waals surface area contributed by atoms with Crippen molar-refractivity contribution in [1.82, 2.24) is 29.5 Å². The molecule has 3 aromatic rings. The molecular formula is C29H28ClF3N6O4. The van der Waals surface area contributed by atoms with Gasteiger partial charge in [0.05, 0.1) is 34.9 Å². The van der Waals surface area contributed by atoms with Gasteiger partial charge in [0.2, 0.25) is 5.82 Å². The van der Waals surface area contributed by atoms with Crippen LogP contribution >= 0.6 is 11.6 Å². The van der Waals surface area contributed by atoms with Gasteiger partial charge in [-0.3, -0.25) is 14.3 Å². The van der Waals surface area contributed by atoms with Gasteiger partial charge >= 0.3 is 12.0 Å². The number of ether oxygens (including phenoxy) is 2. The maximum Gasteiger partial charge on any atom is 0.417 e. The minimum Gasteiger partial charge on any atom is -0.450 e. The van der Waals surface area contributed by atoms with Crippen LogP contribution in [0.1, 0.15) is 88.8 Å². The normalized spacial score (nSPS) is 21.6. The molecule has 0 radical (unpaired) electrons. The van der Waals surface area contributed by atoms with Crippen LogP contribution in [0.5, 0.6) is 0 Å². The first-order valence-corrected chi connectivity index (χ1v) is 14.1. The lowest BCUT2D eigenvalue weighted by Gasteiger charge is -2.37. The number of rotatable bonds is 4. The van der Waals surface area contributed by atoms with Gasteiger partial charge in [-0.1, -0.05) is 11.6 Å². The van der Waals surface area contributed by atoms with E-state index in [-0.39, 0.29) is 30.1 Å². The van der Waals surface area contributed by atoms with E-state index in [1.807, 2.05) is 13.8 Å². The van der Waals surface area contributed by atoms with Crippen LogP contribution in [0.25, 0.3) is 0 Å². The highest BCUT2D eigenvalue weighted by atomic mass is 35.5. The third-order valence-corrected chi connectivity index (χ3v) is 8.56. The number of nitrogens with zero attached hydrogens (tertiary/aromatic N) is 6. The molecule has 0 saturated heterocycles. The van der Waals surface area contributed by atoms with Crippen molar-refractivity contribution in [3.8, 4) is 0 Å². The third-order valence-electron chi connectivity index (χ3n) is 8.23. The maximum absolute atomic E-state index is 14.0. The molecule has 0 N–H and O–H groups in total. The van der Waals surface area contributed by atoms with E-state index in [1.165, 1.54) is 23.5 Å². The quantitative estimate of drug-likeness (QED) is 0.387. The Balaban J connectivity index is 1.27. The van der Waals surface area contributed by atoms with Crippen molar-refractivity contribution < 1.29 is 32.2 Å². The summed E-state index contributed by atoms with van der Waals surface area (Å²) in [5.41, 5.74) is 1.14. The number of aromatic nitrogens is 4. The monoisotopic (exact) mass is 616 g/mol. The van der Waals surface area contributed by atoms with Crippen molar-refractivity contribution >= 4 is 23.4 Å². The summed E-state index contributed by atoms with van der Waals surface area (Å²) in [5.74, 6) is -1.64. The summed E-state index contributed by atoms with van der Waals surface area (Å²) >= 11 is 5.77. The fourth-order valence-electron chi connectivity index (χ4n) is 5.75. The average Bonchev–Trinajstić information content (AvgIpc) is 3.58. The van der Waals surface area contributed by atoms with E-state index in [0.717, 1.165) is 12.1 Å². The van der Waals surface area contributed by atoms with Gasteiger partial charge in [-0.2, -0.15) is 18.3 Å². The topological polar surface area (TPSA) is 103 Å². The second kappa shape index (κ2) is 10.2. The number of amides is 2. The molecule has 5 heterocycles. The first-order chi connectivity index (χ1) is 20.3. The Kier molecular flexibility index (Phi) is 6.90. The van der Waals surface area contributed by atoms with Crippen LogP contribution in [0.15, 0.2) is 43.1 Å². The molecule has 2 aromatic heterocycles. The molecule has 3 aliphatic rings. The first kappa shape index (κ1) is 29.0. The Morgan fingerprint density at radius 3 is 2.47 bits per heavy atom. The standard InChI is InChI=1S/C29H28ClF3N6O4/c1-15-9-23-20(14-37(15)25(40)18-5-6-22(30)21(10-18)29(31,32)33)24-26(41)38(13-16(2)39(24)36-23)17(3)19-11-34-27(35-12-19)28(4)42-7-8-43-28/h5-8,10-12,15-17H,9,13-14H2,1-4H3/t15-,16-,17?/m1/s1. The van der Waals surface area contributed by atoms with Crippen molar-refractivity contribution in [2.45, 2.75) is 70.7 Å². The van der Waals surface area contributed by atoms with Crippen LogP contribution in [-0.4, -0.2) is 53.9 Å². The van der Waals surface area contributed by atoms with Crippen molar-refractivity contribution in [2.75, 3.05) is 6.54 Å². The van der Waals surface area contributed by atoms with Gasteiger partial charge in [0.25, 0.3) is 11.8 Å². The van der Waals surface area contributed by atoms with E-state index in [9.17, 15) is 22.8 Å². The smallest absolute Gasteiger partial charge is 0.417 e. The van der Waals surface area contributed by atoms with Gasteiger partial charge in [-0.05, 0) is 39.0 Å². The third kappa shape index (κ3) is 4.89. The fraction of sp³-hybridized carbons (Fsp3) is 0.414. The van der Waals surface area contributed by atoms with E-state index < -0.39 is 34.5 Å². The Morgan fingerprint density at radius 1 is 1.14 bits per heavy atom. The molecule has 0 bridgehead atoms. The molecule has 226 valence electrons. The zero-order valence-electron chi connectivity index (χ0n) is 23.7. The number of carbonyl (C=O) groups excluding carboxylic acids is 2. The maximum atomic E-state index is 14.0. The zero-order chi connectivity index (χ0) is 30.8. The molecule has 10 nitrogen and oxygen atoms in total. The summed E-state index contributed by atoms with van der Waals surface area (Å²) in [4.78, 5) is 39.5. The molecule has 43 heavy (non-hydrogen) atoms. The van der Waals surface area contributed by atoms with Gasteiger partial charge in [-0.25, -0.2) is 9.97 Å². The second-order valence-corrected chi connectivity index (χ2v) is 11.6. The molecule has 0 aliphatic carbocycles. The molecular weight excluding hydrogens is 589 g/mol. The average molecular weight is 617 g/mol. The van der Waals surface area contributed by atoms with Gasteiger partial charge < -0.3 is 19.3 Å². The highest BCUT2D eigenvalue weighted by Crippen LogP contribution is 2.38. The lowest BCUT2D eigenvalue weighted by atomic mass is 9.96. The molecule has 6 rings (SSSR count). The molecule has 0 spiro atoms. The molecule has 3 atom stereocenters. The van der Waals surface area contributed by atoms with Crippen LogP contribution in [0.2, 0.25) is 5.02 Å². The summed E-state index contributed by atoms with van der Waals surface area (Å²) in [6.45, 7) is 7.75. The number of fused-ring (bicyclic) bond motifs is 3. The van der Waals surface area contributed by atoms with Gasteiger partial charge in [-0.15, -0.1) is 0 Å². The highest BCUT2D eigenvalue weighted by molar-refractivity contribution is 6.31. The summed E-state index contributed by atoms with van der Waals surface area (Å²) in [6.07, 6.45) is 1.74. The Hall–Kier alpha value is -4.13. The highest BCUT2D eigenvalue weighted by Gasteiger charge is 2.42. The largest absolute Gasteiger partial charge is 0.450 e. The van der Waals surface area contributed by atoms with Crippen molar-refractivity contribution in [3.05, 3.63) is 87.6 Å². The van der Waals surface area contributed by atoms with E-state index in [2.05, 4.69) is 9.97 Å². The van der Waals surface area contributed by atoms with Gasteiger partial charge in [0, 0.05) is 55.0 Å². The van der Waals surface area contributed by atoms with Gasteiger partial charge in [0.15, 0.2) is 0 Å². The predicted octanol–water partition coefficient (Wildman–Crippen LogP) is 5.40. The molecule has 2 amide bonds. The number of hydrogen-bond donors (Lipinski definition) is 0. The predicted molar refractivity (Wildman–Crippen MR) is 147 cm³/mol. The lowest BCUT2D eigenvalue weighted by Crippen LogP contribution is -2.45. The Morgan fingerprint density at radius 2 is 1.81 bits per heavy atom. The second-order valence-electron chi connectivity index (χ2n) is 11.2. The van der Waals surface area contributed by atoms with Crippen LogP contribution in [0.3, 0.4) is 0 Å². The van der Waals surface area contributed by atoms with E-state index in [4.69, 9.17) is 26.2 Å². The summed E-state index contributed by atoms with van der Waals surface area (Å²) in [7, 11) is 0. The van der Waals surface area contributed by atoms with Crippen molar-refractivity contribution in [1.29, 1.82) is 0 Å². The molecule has 14 heteroatoms.